The fraction of sp³-hybridized carbons (Fsp3) is 0.500. The first-order chi connectivity index (χ1) is 6.88. The molecule has 0 saturated heterocycles. The van der Waals surface area contributed by atoms with Crippen LogP contribution < -0.4 is 10.1 Å². The Labute approximate surface area is 86.3 Å². The molecule has 0 atom stereocenters. The van der Waals surface area contributed by atoms with Crippen molar-refractivity contribution in [3.63, 3.8) is 0 Å². The van der Waals surface area contributed by atoms with Crippen molar-refractivity contribution in [1.82, 2.24) is 0 Å². The average Bonchev–Trinajstić information content (AvgIpc) is 2.25. The number of unbranched alkanes of at least 4 members (excludes halogenated alkanes) is 2. The highest BCUT2D eigenvalue weighted by Crippen LogP contribution is 2.22. The van der Waals surface area contributed by atoms with Crippen LogP contribution in [-0.4, -0.2) is 13.7 Å². The summed E-state index contributed by atoms with van der Waals surface area (Å²) in [4.78, 5) is 0. The standard InChI is InChI=1S/C12H19NO/c1-3-4-7-10-14-12-9-6-5-8-11(12)13-2/h5-6,8-9,13H,3-4,7,10H2,1-2H3. The van der Waals surface area contributed by atoms with E-state index in [2.05, 4.69) is 12.2 Å². The van der Waals surface area contributed by atoms with E-state index < -0.39 is 0 Å². The van der Waals surface area contributed by atoms with Crippen LogP contribution in [0.15, 0.2) is 24.3 Å². The second kappa shape index (κ2) is 6.30. The second-order valence-corrected chi connectivity index (χ2v) is 3.30. The summed E-state index contributed by atoms with van der Waals surface area (Å²) in [6.45, 7) is 3.01. The Balaban J connectivity index is 2.41. The minimum absolute atomic E-state index is 0.812. The van der Waals surface area contributed by atoms with E-state index in [4.69, 9.17) is 4.74 Å². The molecule has 0 fully saturated rings. The maximum absolute atomic E-state index is 5.67. The maximum Gasteiger partial charge on any atom is 0.142 e. The summed E-state index contributed by atoms with van der Waals surface area (Å²) >= 11 is 0. The third-order valence-electron chi connectivity index (χ3n) is 2.16. The van der Waals surface area contributed by atoms with Gasteiger partial charge < -0.3 is 10.1 Å². The van der Waals surface area contributed by atoms with Crippen LogP contribution in [0.1, 0.15) is 26.2 Å². The number of anilines is 1. The zero-order valence-electron chi connectivity index (χ0n) is 9.05. The molecule has 0 radical (unpaired) electrons. The van der Waals surface area contributed by atoms with E-state index >= 15 is 0 Å². The smallest absolute Gasteiger partial charge is 0.142 e. The summed E-state index contributed by atoms with van der Waals surface area (Å²) in [5.74, 6) is 0.950. The van der Waals surface area contributed by atoms with Gasteiger partial charge in [0.05, 0.1) is 12.3 Å². The van der Waals surface area contributed by atoms with E-state index in [1.54, 1.807) is 0 Å². The maximum atomic E-state index is 5.67. The number of hydrogen-bond acceptors (Lipinski definition) is 2. The van der Waals surface area contributed by atoms with Gasteiger partial charge in [-0.1, -0.05) is 31.9 Å². The highest BCUT2D eigenvalue weighted by Gasteiger charge is 1.99. The molecule has 1 N–H and O–H groups in total. The normalized spacial score (nSPS) is 9.86. The lowest BCUT2D eigenvalue weighted by Crippen LogP contribution is -2.00. The van der Waals surface area contributed by atoms with Crippen molar-refractivity contribution < 1.29 is 4.74 Å². The summed E-state index contributed by atoms with van der Waals surface area (Å²) in [6, 6.07) is 8.02. The fourth-order valence-corrected chi connectivity index (χ4v) is 1.33. The molecule has 0 amide bonds. The molecule has 14 heavy (non-hydrogen) atoms. The van der Waals surface area contributed by atoms with Crippen molar-refractivity contribution in [3.8, 4) is 5.75 Å². The largest absolute Gasteiger partial charge is 0.491 e. The number of rotatable bonds is 6. The lowest BCUT2D eigenvalue weighted by Gasteiger charge is -2.10. The Kier molecular flexibility index (Phi) is 4.90. The molecule has 78 valence electrons. The van der Waals surface area contributed by atoms with Gasteiger partial charge in [-0.05, 0) is 18.6 Å². The van der Waals surface area contributed by atoms with Gasteiger partial charge in [-0.2, -0.15) is 0 Å². The van der Waals surface area contributed by atoms with Crippen molar-refractivity contribution >= 4 is 5.69 Å². The van der Waals surface area contributed by atoms with E-state index in [1.165, 1.54) is 12.8 Å². The van der Waals surface area contributed by atoms with Crippen molar-refractivity contribution in [2.75, 3.05) is 19.0 Å². The quantitative estimate of drug-likeness (QED) is 0.700. The predicted molar refractivity (Wildman–Crippen MR) is 61.0 cm³/mol. The van der Waals surface area contributed by atoms with Gasteiger partial charge in [0.25, 0.3) is 0 Å². The van der Waals surface area contributed by atoms with Crippen LogP contribution in [0, 0.1) is 0 Å². The van der Waals surface area contributed by atoms with E-state index in [0.29, 0.717) is 0 Å². The molecule has 0 saturated carbocycles. The minimum Gasteiger partial charge on any atom is -0.491 e. The van der Waals surface area contributed by atoms with Crippen LogP contribution in [0.5, 0.6) is 5.75 Å². The second-order valence-electron chi connectivity index (χ2n) is 3.30. The van der Waals surface area contributed by atoms with Gasteiger partial charge in [-0.3, -0.25) is 0 Å². The Morgan fingerprint density at radius 2 is 2.00 bits per heavy atom. The molecule has 2 nitrogen and oxygen atoms in total. The zero-order chi connectivity index (χ0) is 10.2. The monoisotopic (exact) mass is 193 g/mol. The van der Waals surface area contributed by atoms with Crippen molar-refractivity contribution in [2.45, 2.75) is 26.2 Å². The first-order valence-electron chi connectivity index (χ1n) is 5.28. The van der Waals surface area contributed by atoms with Crippen LogP contribution in [0.2, 0.25) is 0 Å². The Morgan fingerprint density at radius 1 is 1.21 bits per heavy atom. The molecule has 0 aliphatic heterocycles. The molecule has 0 aliphatic rings. The van der Waals surface area contributed by atoms with Crippen LogP contribution in [-0.2, 0) is 0 Å². The highest BCUT2D eigenvalue weighted by molar-refractivity contribution is 5.55. The van der Waals surface area contributed by atoms with Gasteiger partial charge in [0.1, 0.15) is 5.75 Å². The summed E-state index contributed by atoms with van der Waals surface area (Å²) in [7, 11) is 1.91. The van der Waals surface area contributed by atoms with E-state index in [1.807, 2.05) is 31.3 Å². The van der Waals surface area contributed by atoms with Crippen LogP contribution in [0.4, 0.5) is 5.69 Å². The highest BCUT2D eigenvalue weighted by atomic mass is 16.5. The third kappa shape index (κ3) is 3.29. The minimum atomic E-state index is 0.812. The number of ether oxygens (including phenoxy) is 1. The Bertz CT molecular complexity index is 260. The van der Waals surface area contributed by atoms with Crippen LogP contribution in [0.25, 0.3) is 0 Å². The first-order valence-corrected chi connectivity index (χ1v) is 5.28. The lowest BCUT2D eigenvalue weighted by molar-refractivity contribution is 0.307. The summed E-state index contributed by atoms with van der Waals surface area (Å²) < 4.78 is 5.67. The van der Waals surface area contributed by atoms with Gasteiger partial charge >= 0.3 is 0 Å². The lowest BCUT2D eigenvalue weighted by atomic mass is 10.2. The van der Waals surface area contributed by atoms with Crippen LogP contribution in [0.3, 0.4) is 0 Å². The first kappa shape index (κ1) is 10.9. The Morgan fingerprint density at radius 3 is 2.71 bits per heavy atom. The summed E-state index contributed by atoms with van der Waals surface area (Å²) in [6.07, 6.45) is 3.60. The van der Waals surface area contributed by atoms with Gasteiger partial charge in [0, 0.05) is 7.05 Å². The molecule has 0 bridgehead atoms. The average molecular weight is 193 g/mol. The van der Waals surface area contributed by atoms with Crippen molar-refractivity contribution in [2.24, 2.45) is 0 Å². The SMILES string of the molecule is CCCCCOc1ccccc1NC. The zero-order valence-corrected chi connectivity index (χ0v) is 9.05. The molecule has 2 heteroatoms. The predicted octanol–water partition coefficient (Wildman–Crippen LogP) is 3.30. The number of benzene rings is 1. The Hall–Kier alpha value is -1.18. The molecule has 0 aliphatic carbocycles. The van der Waals surface area contributed by atoms with Crippen molar-refractivity contribution in [1.29, 1.82) is 0 Å². The molecule has 0 heterocycles. The third-order valence-corrected chi connectivity index (χ3v) is 2.16. The molecular weight excluding hydrogens is 174 g/mol. The van der Waals surface area contributed by atoms with Gasteiger partial charge in [-0.15, -0.1) is 0 Å². The van der Waals surface area contributed by atoms with E-state index in [-0.39, 0.29) is 0 Å². The van der Waals surface area contributed by atoms with E-state index in [0.717, 1.165) is 24.5 Å². The van der Waals surface area contributed by atoms with Crippen LogP contribution >= 0.6 is 0 Å². The van der Waals surface area contributed by atoms with Crippen molar-refractivity contribution in [3.05, 3.63) is 24.3 Å². The molecule has 1 rings (SSSR count). The summed E-state index contributed by atoms with van der Waals surface area (Å²) in [5, 5.41) is 3.11. The molecule has 0 spiro atoms. The van der Waals surface area contributed by atoms with Gasteiger partial charge in [0.2, 0.25) is 0 Å². The van der Waals surface area contributed by atoms with E-state index in [9.17, 15) is 0 Å². The summed E-state index contributed by atoms with van der Waals surface area (Å²) in [5.41, 5.74) is 1.06. The number of hydrogen-bond donors (Lipinski definition) is 1. The molecular formula is C12H19NO. The number of nitrogens with one attached hydrogen (secondary N) is 1. The van der Waals surface area contributed by atoms with Gasteiger partial charge in [-0.25, -0.2) is 0 Å². The molecule has 1 aromatic rings. The van der Waals surface area contributed by atoms with Gasteiger partial charge in [0.15, 0.2) is 0 Å². The fourth-order valence-electron chi connectivity index (χ4n) is 1.33. The molecule has 1 aromatic carbocycles. The molecule has 0 unspecified atom stereocenters. The topological polar surface area (TPSA) is 21.3 Å². The number of para-hydroxylation sites is 2. The molecule has 0 aromatic heterocycles.